The molecule has 0 unspecified atom stereocenters. The van der Waals surface area contributed by atoms with E-state index >= 15 is 0 Å². The third-order valence-electron chi connectivity index (χ3n) is 5.72. The van der Waals surface area contributed by atoms with E-state index in [1.54, 1.807) is 26.4 Å². The minimum atomic E-state index is -0.469. The zero-order valence-corrected chi connectivity index (χ0v) is 17.5. The fourth-order valence-electron chi connectivity index (χ4n) is 4.06. The molecule has 2 aliphatic heterocycles. The molecule has 2 aromatic carbocycles. The molecule has 2 amide bonds. The maximum Gasteiger partial charge on any atom is 0.251 e. The fraction of sp³-hybridized carbons (Fsp3) is 0.364. The Hall–Kier alpha value is -2.57. The third kappa shape index (κ3) is 3.47. The third-order valence-corrected chi connectivity index (χ3v) is 6.13. The number of carbonyl (C=O) groups excluding carboxylic acids is 2. The van der Waals surface area contributed by atoms with E-state index in [1.807, 2.05) is 25.1 Å². The second-order valence-electron chi connectivity index (χ2n) is 7.42. The molecule has 0 aliphatic carbocycles. The average molecular weight is 415 g/mol. The number of rotatable bonds is 4. The van der Waals surface area contributed by atoms with Crippen LogP contribution in [0.1, 0.15) is 23.1 Å². The van der Waals surface area contributed by atoms with Crippen LogP contribution in [0.25, 0.3) is 0 Å². The number of aryl methyl sites for hydroxylation is 1. The van der Waals surface area contributed by atoms with Gasteiger partial charge in [-0.15, -0.1) is 0 Å². The van der Waals surface area contributed by atoms with Crippen LogP contribution in [0.2, 0.25) is 5.02 Å². The number of carbonyl (C=O) groups is 2. The summed E-state index contributed by atoms with van der Waals surface area (Å²) in [5.41, 5.74) is 3.70. The average Bonchev–Trinajstić information content (AvgIpc) is 3.02. The van der Waals surface area contributed by atoms with Crippen LogP contribution in [0.15, 0.2) is 30.3 Å². The van der Waals surface area contributed by atoms with E-state index < -0.39 is 6.04 Å². The van der Waals surface area contributed by atoms with Crippen molar-refractivity contribution < 1.29 is 19.1 Å². The summed E-state index contributed by atoms with van der Waals surface area (Å²) in [6.45, 7) is 3.17. The van der Waals surface area contributed by atoms with Gasteiger partial charge in [-0.25, -0.2) is 4.90 Å². The van der Waals surface area contributed by atoms with Crippen LogP contribution in [0.5, 0.6) is 11.5 Å². The molecule has 0 bridgehead atoms. The van der Waals surface area contributed by atoms with E-state index in [2.05, 4.69) is 4.90 Å². The standard InChI is InChI=1S/C22H23ClN2O4/c1-13-4-5-16(10-17(13)23)25-21(26)11-18(22(25)27)24-7-6-14-8-19(28-2)20(29-3)9-15(14)12-24/h4-5,8-10,18H,6-7,11-12H2,1-3H3/t18-/m1/s1. The molecule has 1 saturated heterocycles. The van der Waals surface area contributed by atoms with Gasteiger partial charge in [0.25, 0.3) is 5.91 Å². The van der Waals surface area contributed by atoms with Crippen molar-refractivity contribution in [1.82, 2.24) is 4.90 Å². The molecule has 6 nitrogen and oxygen atoms in total. The summed E-state index contributed by atoms with van der Waals surface area (Å²) in [7, 11) is 3.22. The van der Waals surface area contributed by atoms with E-state index in [4.69, 9.17) is 21.1 Å². The number of nitrogens with zero attached hydrogens (tertiary/aromatic N) is 2. The van der Waals surface area contributed by atoms with Crippen molar-refractivity contribution in [3.63, 3.8) is 0 Å². The second kappa shape index (κ2) is 7.69. The summed E-state index contributed by atoms with van der Waals surface area (Å²) in [6, 6.07) is 8.75. The highest BCUT2D eigenvalue weighted by Gasteiger charge is 2.43. The van der Waals surface area contributed by atoms with E-state index in [1.165, 1.54) is 10.5 Å². The fourth-order valence-corrected chi connectivity index (χ4v) is 4.24. The molecule has 4 rings (SSSR count). The molecular formula is C22H23ClN2O4. The lowest BCUT2D eigenvalue weighted by molar-refractivity contribution is -0.123. The molecule has 0 N–H and O–H groups in total. The highest BCUT2D eigenvalue weighted by molar-refractivity contribution is 6.32. The Morgan fingerprint density at radius 2 is 1.72 bits per heavy atom. The van der Waals surface area contributed by atoms with Crippen LogP contribution in [0.4, 0.5) is 5.69 Å². The minimum absolute atomic E-state index is 0.174. The Morgan fingerprint density at radius 1 is 1.03 bits per heavy atom. The Bertz CT molecular complexity index is 991. The molecule has 7 heteroatoms. The molecule has 0 radical (unpaired) electrons. The van der Waals surface area contributed by atoms with E-state index in [0.29, 0.717) is 35.3 Å². The minimum Gasteiger partial charge on any atom is -0.493 e. The van der Waals surface area contributed by atoms with Crippen LogP contribution in [-0.2, 0) is 22.6 Å². The summed E-state index contributed by atoms with van der Waals surface area (Å²) < 4.78 is 10.8. The summed E-state index contributed by atoms with van der Waals surface area (Å²) in [5, 5.41) is 0.541. The van der Waals surface area contributed by atoms with Crippen LogP contribution in [0.3, 0.4) is 0 Å². The molecule has 1 fully saturated rings. The molecule has 29 heavy (non-hydrogen) atoms. The van der Waals surface area contributed by atoms with Gasteiger partial charge in [-0.3, -0.25) is 14.5 Å². The lowest BCUT2D eigenvalue weighted by atomic mass is 9.97. The number of methoxy groups -OCH3 is 2. The van der Waals surface area contributed by atoms with Gasteiger partial charge in [0.2, 0.25) is 5.91 Å². The normalized spacial score (nSPS) is 19.4. The molecule has 2 heterocycles. The van der Waals surface area contributed by atoms with Crippen molar-refractivity contribution >= 4 is 29.1 Å². The van der Waals surface area contributed by atoms with E-state index in [-0.39, 0.29) is 18.2 Å². The van der Waals surface area contributed by atoms with E-state index in [9.17, 15) is 9.59 Å². The van der Waals surface area contributed by atoms with Gasteiger partial charge in [-0.1, -0.05) is 17.7 Å². The maximum atomic E-state index is 13.1. The van der Waals surface area contributed by atoms with Crippen LogP contribution < -0.4 is 14.4 Å². The lowest BCUT2D eigenvalue weighted by Gasteiger charge is -2.32. The quantitative estimate of drug-likeness (QED) is 0.718. The molecule has 1 atom stereocenters. The van der Waals surface area contributed by atoms with Crippen molar-refractivity contribution in [3.8, 4) is 11.5 Å². The number of hydrogen-bond donors (Lipinski definition) is 0. The largest absolute Gasteiger partial charge is 0.493 e. The number of fused-ring (bicyclic) bond motifs is 1. The lowest BCUT2D eigenvalue weighted by Crippen LogP contribution is -2.44. The number of anilines is 1. The summed E-state index contributed by atoms with van der Waals surface area (Å²) in [6.07, 6.45) is 0.955. The molecule has 2 aliphatic rings. The van der Waals surface area contributed by atoms with Gasteiger partial charge in [-0.05, 0) is 54.3 Å². The van der Waals surface area contributed by atoms with Crippen LogP contribution in [0, 0.1) is 6.92 Å². The number of imide groups is 1. The first-order valence-electron chi connectivity index (χ1n) is 9.53. The predicted octanol–water partition coefficient (Wildman–Crippen LogP) is 3.36. The maximum absolute atomic E-state index is 13.1. The Balaban J connectivity index is 1.58. The van der Waals surface area contributed by atoms with Gasteiger partial charge in [0.1, 0.15) is 0 Å². The number of hydrogen-bond acceptors (Lipinski definition) is 5. The van der Waals surface area contributed by atoms with Crippen LogP contribution in [-0.4, -0.2) is 43.5 Å². The van der Waals surface area contributed by atoms with Crippen molar-refractivity contribution in [3.05, 3.63) is 52.0 Å². The van der Waals surface area contributed by atoms with Gasteiger partial charge >= 0.3 is 0 Å². The Kier molecular flexibility index (Phi) is 5.23. The van der Waals surface area contributed by atoms with Crippen LogP contribution >= 0.6 is 11.6 Å². The topological polar surface area (TPSA) is 59.1 Å². The zero-order valence-electron chi connectivity index (χ0n) is 16.7. The molecule has 0 aromatic heterocycles. The number of halogens is 1. The van der Waals surface area contributed by atoms with Crippen molar-refractivity contribution in [2.75, 3.05) is 25.7 Å². The summed E-state index contributed by atoms with van der Waals surface area (Å²) in [4.78, 5) is 29.1. The highest BCUT2D eigenvalue weighted by atomic mass is 35.5. The Labute approximate surface area is 174 Å². The van der Waals surface area contributed by atoms with Crippen molar-refractivity contribution in [1.29, 1.82) is 0 Å². The summed E-state index contributed by atoms with van der Waals surface area (Å²) in [5.74, 6) is 0.976. The predicted molar refractivity (Wildman–Crippen MR) is 111 cm³/mol. The molecular weight excluding hydrogens is 392 g/mol. The Morgan fingerprint density at radius 3 is 2.38 bits per heavy atom. The number of ether oxygens (including phenoxy) is 2. The smallest absolute Gasteiger partial charge is 0.251 e. The first-order valence-corrected chi connectivity index (χ1v) is 9.91. The molecule has 0 spiro atoms. The van der Waals surface area contributed by atoms with Gasteiger partial charge in [0.05, 0.1) is 32.4 Å². The number of benzene rings is 2. The summed E-state index contributed by atoms with van der Waals surface area (Å²) >= 11 is 6.20. The van der Waals surface area contributed by atoms with Crippen molar-refractivity contribution in [2.45, 2.75) is 32.4 Å². The van der Waals surface area contributed by atoms with Gasteiger partial charge in [0.15, 0.2) is 11.5 Å². The zero-order chi connectivity index (χ0) is 20.7. The first kappa shape index (κ1) is 19.7. The van der Waals surface area contributed by atoms with Gasteiger partial charge in [-0.2, -0.15) is 0 Å². The second-order valence-corrected chi connectivity index (χ2v) is 7.82. The highest BCUT2D eigenvalue weighted by Crippen LogP contribution is 2.35. The molecule has 152 valence electrons. The van der Waals surface area contributed by atoms with Gasteiger partial charge < -0.3 is 9.47 Å². The van der Waals surface area contributed by atoms with E-state index in [0.717, 1.165) is 17.5 Å². The SMILES string of the molecule is COc1cc2c(cc1OC)CN([C@@H]1CC(=O)N(c3ccc(C)c(Cl)c3)C1=O)CC2. The first-order chi connectivity index (χ1) is 13.9. The van der Waals surface area contributed by atoms with Crippen molar-refractivity contribution in [2.24, 2.45) is 0 Å². The monoisotopic (exact) mass is 414 g/mol. The number of amides is 2. The molecule has 0 saturated carbocycles. The molecule has 2 aromatic rings. The van der Waals surface area contributed by atoms with Gasteiger partial charge in [0, 0.05) is 18.1 Å².